The number of aromatic nitrogens is 1. The first-order chi connectivity index (χ1) is 9.22. The number of furan rings is 1. The van der Waals surface area contributed by atoms with Gasteiger partial charge in [0, 0.05) is 30.7 Å². The average molecular weight is 342 g/mol. The molecule has 1 fully saturated rings. The van der Waals surface area contributed by atoms with E-state index < -0.39 is 0 Å². The lowest BCUT2D eigenvalue weighted by atomic mass is 10.2. The topological polar surface area (TPSA) is 58.4 Å². The molecule has 2 aromatic heterocycles. The van der Waals surface area contributed by atoms with E-state index in [1.54, 1.807) is 29.7 Å². The Balaban J connectivity index is 1.59. The molecule has 1 atom stereocenters. The van der Waals surface area contributed by atoms with Gasteiger partial charge in [-0.15, -0.1) is 11.3 Å². The summed E-state index contributed by atoms with van der Waals surface area (Å²) in [7, 11) is 0. The average Bonchev–Trinajstić information content (AvgIpc) is 3.07. The minimum atomic E-state index is -0.170. The Bertz CT molecular complexity index is 569. The van der Waals surface area contributed by atoms with Gasteiger partial charge in [-0.3, -0.25) is 4.79 Å². The second-order valence-electron chi connectivity index (χ2n) is 4.32. The fourth-order valence-electron chi connectivity index (χ4n) is 2.12. The lowest BCUT2D eigenvalue weighted by Crippen LogP contribution is -2.36. The van der Waals surface area contributed by atoms with Crippen LogP contribution < -0.4 is 10.2 Å². The molecule has 3 rings (SSSR count). The zero-order valence-electron chi connectivity index (χ0n) is 10.0. The summed E-state index contributed by atoms with van der Waals surface area (Å²) in [4.78, 5) is 18.4. The van der Waals surface area contributed by atoms with Gasteiger partial charge in [0.25, 0.3) is 5.91 Å². The highest BCUT2D eigenvalue weighted by Crippen LogP contribution is 2.22. The number of halogens is 1. The number of amides is 1. The number of hydrogen-bond acceptors (Lipinski definition) is 5. The van der Waals surface area contributed by atoms with E-state index in [-0.39, 0.29) is 11.9 Å². The van der Waals surface area contributed by atoms with Crippen molar-refractivity contribution in [2.45, 2.75) is 12.5 Å². The third-order valence-electron chi connectivity index (χ3n) is 3.01. The minimum absolute atomic E-state index is 0.139. The van der Waals surface area contributed by atoms with Crippen molar-refractivity contribution in [2.24, 2.45) is 0 Å². The van der Waals surface area contributed by atoms with Crippen LogP contribution in [0.25, 0.3) is 0 Å². The zero-order chi connectivity index (χ0) is 13.2. The molecule has 0 radical (unpaired) electrons. The van der Waals surface area contributed by atoms with E-state index >= 15 is 0 Å². The number of hydrogen-bond donors (Lipinski definition) is 1. The van der Waals surface area contributed by atoms with Crippen molar-refractivity contribution in [3.8, 4) is 0 Å². The first-order valence-corrected chi connectivity index (χ1v) is 7.60. The largest absolute Gasteiger partial charge is 0.444 e. The van der Waals surface area contributed by atoms with Crippen molar-refractivity contribution in [1.29, 1.82) is 0 Å². The summed E-state index contributed by atoms with van der Waals surface area (Å²) in [5.74, 6) is 0.163. The molecule has 1 aliphatic rings. The maximum Gasteiger partial charge on any atom is 0.287 e. The van der Waals surface area contributed by atoms with Crippen LogP contribution in [0.5, 0.6) is 0 Å². The van der Waals surface area contributed by atoms with Gasteiger partial charge in [0.1, 0.15) is 0 Å². The molecular formula is C12H12BrN3O2S. The second kappa shape index (κ2) is 5.34. The summed E-state index contributed by atoms with van der Waals surface area (Å²) in [6.07, 6.45) is 2.72. The van der Waals surface area contributed by atoms with Gasteiger partial charge >= 0.3 is 0 Å². The monoisotopic (exact) mass is 341 g/mol. The molecule has 0 unspecified atom stereocenters. The van der Waals surface area contributed by atoms with Crippen LogP contribution >= 0.6 is 27.3 Å². The Morgan fingerprint density at radius 3 is 3.16 bits per heavy atom. The third kappa shape index (κ3) is 2.82. The molecule has 0 saturated carbocycles. The van der Waals surface area contributed by atoms with E-state index in [4.69, 9.17) is 4.42 Å². The van der Waals surface area contributed by atoms with Crippen LogP contribution in [-0.4, -0.2) is 30.0 Å². The summed E-state index contributed by atoms with van der Waals surface area (Å²) in [5, 5.41) is 5.95. The molecule has 19 heavy (non-hydrogen) atoms. The highest BCUT2D eigenvalue weighted by atomic mass is 79.9. The lowest BCUT2D eigenvalue weighted by Gasteiger charge is -2.15. The number of thiazole rings is 1. The maximum atomic E-state index is 11.9. The van der Waals surface area contributed by atoms with Gasteiger partial charge in [-0.05, 0) is 34.5 Å². The minimum Gasteiger partial charge on any atom is -0.444 e. The SMILES string of the molecule is O=C(N[C@H]1CCN(c2nccs2)C1)c1ccc(Br)o1. The quantitative estimate of drug-likeness (QED) is 0.931. The van der Waals surface area contributed by atoms with Crippen LogP contribution in [-0.2, 0) is 0 Å². The molecule has 100 valence electrons. The van der Waals surface area contributed by atoms with Gasteiger partial charge in [0.05, 0.1) is 0 Å². The van der Waals surface area contributed by atoms with Gasteiger partial charge in [-0.1, -0.05) is 0 Å². The van der Waals surface area contributed by atoms with Crippen LogP contribution in [0.4, 0.5) is 5.13 Å². The summed E-state index contributed by atoms with van der Waals surface area (Å²) >= 11 is 4.81. The number of carbonyl (C=O) groups is 1. The number of rotatable bonds is 3. The highest BCUT2D eigenvalue weighted by molar-refractivity contribution is 9.10. The van der Waals surface area contributed by atoms with Crippen molar-refractivity contribution in [2.75, 3.05) is 18.0 Å². The van der Waals surface area contributed by atoms with Gasteiger partial charge in [0.15, 0.2) is 15.6 Å². The smallest absolute Gasteiger partial charge is 0.287 e. The fraction of sp³-hybridized carbons (Fsp3) is 0.333. The van der Waals surface area contributed by atoms with Crippen LogP contribution in [0, 0.1) is 0 Å². The molecule has 0 spiro atoms. The molecule has 0 aliphatic carbocycles. The van der Waals surface area contributed by atoms with Gasteiger partial charge in [0.2, 0.25) is 0 Å². The molecule has 0 aromatic carbocycles. The highest BCUT2D eigenvalue weighted by Gasteiger charge is 2.26. The lowest BCUT2D eigenvalue weighted by molar-refractivity contribution is 0.0911. The molecular weight excluding hydrogens is 330 g/mol. The van der Waals surface area contributed by atoms with E-state index in [0.29, 0.717) is 10.4 Å². The predicted octanol–water partition coefficient (Wildman–Crippen LogP) is 2.51. The van der Waals surface area contributed by atoms with Crippen LogP contribution in [0.2, 0.25) is 0 Å². The summed E-state index contributed by atoms with van der Waals surface area (Å²) in [6, 6.07) is 3.51. The number of carbonyl (C=O) groups excluding carboxylic acids is 1. The van der Waals surface area contributed by atoms with E-state index in [0.717, 1.165) is 24.6 Å². The first kappa shape index (κ1) is 12.7. The fourth-order valence-corrected chi connectivity index (χ4v) is 3.10. The van der Waals surface area contributed by atoms with Crippen LogP contribution in [0.3, 0.4) is 0 Å². The Morgan fingerprint density at radius 1 is 1.58 bits per heavy atom. The first-order valence-electron chi connectivity index (χ1n) is 5.93. The van der Waals surface area contributed by atoms with E-state index in [2.05, 4.69) is 31.1 Å². The summed E-state index contributed by atoms with van der Waals surface area (Å²) in [5.41, 5.74) is 0. The van der Waals surface area contributed by atoms with Crippen molar-refractivity contribution < 1.29 is 9.21 Å². The van der Waals surface area contributed by atoms with Crippen LogP contribution in [0.1, 0.15) is 17.0 Å². The van der Waals surface area contributed by atoms with Gasteiger partial charge < -0.3 is 14.6 Å². The Kier molecular flexibility index (Phi) is 3.56. The molecule has 7 heteroatoms. The number of nitrogens with zero attached hydrogens (tertiary/aromatic N) is 2. The van der Waals surface area contributed by atoms with Crippen molar-refractivity contribution in [1.82, 2.24) is 10.3 Å². The summed E-state index contributed by atoms with van der Waals surface area (Å²) in [6.45, 7) is 1.71. The third-order valence-corrected chi connectivity index (χ3v) is 4.27. The van der Waals surface area contributed by atoms with Crippen LogP contribution in [0.15, 0.2) is 32.8 Å². The standard InChI is InChI=1S/C12H12BrN3O2S/c13-10-2-1-9(18-10)11(17)15-8-3-5-16(7-8)12-14-4-6-19-12/h1-2,4,6,8H,3,5,7H2,(H,15,17)/t8-/m0/s1. The van der Waals surface area contributed by atoms with Crippen molar-refractivity contribution in [3.05, 3.63) is 34.1 Å². The van der Waals surface area contributed by atoms with E-state index in [1.807, 2.05) is 5.38 Å². The molecule has 1 aliphatic heterocycles. The van der Waals surface area contributed by atoms with E-state index in [1.165, 1.54) is 0 Å². The Hall–Kier alpha value is -1.34. The Morgan fingerprint density at radius 2 is 2.47 bits per heavy atom. The number of anilines is 1. The molecule has 1 saturated heterocycles. The van der Waals surface area contributed by atoms with Gasteiger partial charge in [-0.2, -0.15) is 0 Å². The molecule has 1 N–H and O–H groups in total. The van der Waals surface area contributed by atoms with Crippen molar-refractivity contribution >= 4 is 38.3 Å². The number of nitrogens with one attached hydrogen (secondary N) is 1. The molecule has 3 heterocycles. The maximum absolute atomic E-state index is 11.9. The zero-order valence-corrected chi connectivity index (χ0v) is 12.4. The normalized spacial score (nSPS) is 18.8. The predicted molar refractivity (Wildman–Crippen MR) is 76.6 cm³/mol. The second-order valence-corrected chi connectivity index (χ2v) is 5.98. The van der Waals surface area contributed by atoms with Crippen molar-refractivity contribution in [3.63, 3.8) is 0 Å². The molecule has 0 bridgehead atoms. The van der Waals surface area contributed by atoms with E-state index in [9.17, 15) is 4.79 Å². The molecule has 1 amide bonds. The molecule has 5 nitrogen and oxygen atoms in total. The molecule has 2 aromatic rings. The Labute approximate surface area is 122 Å². The van der Waals surface area contributed by atoms with Gasteiger partial charge in [-0.25, -0.2) is 4.98 Å². The summed E-state index contributed by atoms with van der Waals surface area (Å²) < 4.78 is 5.80.